The molecule has 3 heteroatoms. The summed E-state index contributed by atoms with van der Waals surface area (Å²) in [6, 6.07) is 0. The number of ketones is 1. The summed E-state index contributed by atoms with van der Waals surface area (Å²) < 4.78 is 0. The monoisotopic (exact) mass is 169 g/mol. The molecule has 1 aliphatic rings. The fourth-order valence-corrected chi connectivity index (χ4v) is 1.61. The Bertz CT molecular complexity index is 201. The summed E-state index contributed by atoms with van der Waals surface area (Å²) in [6.45, 7) is 4.14. The molecule has 1 heterocycles. The molecule has 1 aliphatic heterocycles. The summed E-state index contributed by atoms with van der Waals surface area (Å²) in [5, 5.41) is 2.62. The Morgan fingerprint density at radius 3 is 2.67 bits per heavy atom. The second-order valence-electron chi connectivity index (χ2n) is 3.70. The Hall–Kier alpha value is -0.860. The normalized spacial score (nSPS) is 32.2. The van der Waals surface area contributed by atoms with Crippen molar-refractivity contribution in [2.24, 2.45) is 11.8 Å². The Morgan fingerprint density at radius 2 is 2.00 bits per heavy atom. The summed E-state index contributed by atoms with van der Waals surface area (Å²) in [5.41, 5.74) is 0. The summed E-state index contributed by atoms with van der Waals surface area (Å²) in [5.74, 6) is 0.546. The van der Waals surface area contributed by atoms with Crippen LogP contribution in [0.25, 0.3) is 0 Å². The average Bonchev–Trinajstić information content (AvgIpc) is 1.98. The number of hydrogen-bond donors (Lipinski definition) is 1. The molecule has 2 unspecified atom stereocenters. The topological polar surface area (TPSA) is 46.2 Å². The van der Waals surface area contributed by atoms with Crippen LogP contribution in [-0.4, -0.2) is 18.2 Å². The largest absolute Gasteiger partial charge is 0.349 e. The van der Waals surface area contributed by atoms with Gasteiger partial charge in [-0.2, -0.15) is 0 Å². The lowest BCUT2D eigenvalue weighted by Crippen LogP contribution is -2.37. The van der Waals surface area contributed by atoms with Gasteiger partial charge in [-0.1, -0.05) is 13.8 Å². The van der Waals surface area contributed by atoms with E-state index in [1.54, 1.807) is 0 Å². The van der Waals surface area contributed by atoms with Gasteiger partial charge in [0.15, 0.2) is 5.78 Å². The average molecular weight is 169 g/mol. The minimum atomic E-state index is 0.00917. The number of Topliss-reactive ketones (excluding diaryl/α,β-unsaturated/α-hetero) is 1. The van der Waals surface area contributed by atoms with Gasteiger partial charge < -0.3 is 5.32 Å². The third-order valence-corrected chi connectivity index (χ3v) is 2.24. The van der Waals surface area contributed by atoms with Gasteiger partial charge >= 0.3 is 0 Å². The molecule has 1 amide bonds. The van der Waals surface area contributed by atoms with Crippen LogP contribution in [-0.2, 0) is 9.59 Å². The highest BCUT2D eigenvalue weighted by molar-refractivity contribution is 5.87. The summed E-state index contributed by atoms with van der Waals surface area (Å²) >= 11 is 0. The van der Waals surface area contributed by atoms with Gasteiger partial charge in [0, 0.05) is 12.3 Å². The highest BCUT2D eigenvalue weighted by Crippen LogP contribution is 2.17. The second kappa shape index (κ2) is 3.70. The molecule has 2 atom stereocenters. The van der Waals surface area contributed by atoms with E-state index in [-0.39, 0.29) is 24.2 Å². The minimum absolute atomic E-state index is 0.00917. The summed E-state index contributed by atoms with van der Waals surface area (Å²) in [4.78, 5) is 22.3. The van der Waals surface area contributed by atoms with Crippen LogP contribution in [0.3, 0.4) is 0 Å². The maximum Gasteiger partial charge on any atom is 0.223 e. The lowest BCUT2D eigenvalue weighted by Gasteiger charge is -2.19. The number of hydrogen-bond acceptors (Lipinski definition) is 2. The van der Waals surface area contributed by atoms with E-state index in [2.05, 4.69) is 5.32 Å². The number of nitrogens with one attached hydrogen (secondary N) is 1. The van der Waals surface area contributed by atoms with Gasteiger partial charge in [0.1, 0.15) is 0 Å². The Kier molecular flexibility index (Phi) is 2.84. The molecule has 1 fully saturated rings. The van der Waals surface area contributed by atoms with E-state index in [9.17, 15) is 9.59 Å². The van der Waals surface area contributed by atoms with E-state index in [1.807, 2.05) is 13.8 Å². The molecule has 0 aliphatic carbocycles. The maximum absolute atomic E-state index is 11.2. The molecule has 0 aromatic carbocycles. The van der Waals surface area contributed by atoms with Crippen molar-refractivity contribution in [3.05, 3.63) is 0 Å². The molecule has 0 spiro atoms. The zero-order valence-electron chi connectivity index (χ0n) is 7.59. The highest BCUT2D eigenvalue weighted by Gasteiger charge is 2.21. The standard InChI is InChI=1S/C9H15NO2/c1-6-3-7(2)9(12)10-5-8(11)4-6/h6-7H,3-5H2,1-2H3,(H,10,12). The number of amides is 1. The molecule has 68 valence electrons. The summed E-state index contributed by atoms with van der Waals surface area (Å²) in [6.07, 6.45) is 1.42. The van der Waals surface area contributed by atoms with Gasteiger partial charge in [0.05, 0.1) is 6.54 Å². The zero-order valence-corrected chi connectivity index (χ0v) is 7.59. The number of rotatable bonds is 0. The molecule has 0 radical (unpaired) electrons. The van der Waals surface area contributed by atoms with Crippen molar-refractivity contribution in [2.45, 2.75) is 26.7 Å². The van der Waals surface area contributed by atoms with E-state index < -0.39 is 0 Å². The van der Waals surface area contributed by atoms with Crippen LogP contribution in [0.1, 0.15) is 26.7 Å². The molecule has 1 rings (SSSR count). The first-order valence-electron chi connectivity index (χ1n) is 4.39. The molecule has 1 saturated heterocycles. The number of carbonyl (C=O) groups is 2. The predicted molar refractivity (Wildman–Crippen MR) is 45.6 cm³/mol. The first kappa shape index (κ1) is 9.23. The molecule has 0 aromatic heterocycles. The predicted octanol–water partition coefficient (Wildman–Crippen LogP) is 0.738. The molecule has 0 aromatic rings. The van der Waals surface area contributed by atoms with E-state index in [0.29, 0.717) is 12.3 Å². The van der Waals surface area contributed by atoms with Crippen LogP contribution in [0, 0.1) is 11.8 Å². The van der Waals surface area contributed by atoms with Crippen molar-refractivity contribution in [1.29, 1.82) is 0 Å². The quantitative estimate of drug-likeness (QED) is 0.581. The third-order valence-electron chi connectivity index (χ3n) is 2.24. The first-order valence-corrected chi connectivity index (χ1v) is 4.39. The van der Waals surface area contributed by atoms with Crippen molar-refractivity contribution >= 4 is 11.7 Å². The lowest BCUT2D eigenvalue weighted by molar-refractivity contribution is -0.129. The zero-order chi connectivity index (χ0) is 9.14. The molecule has 0 bridgehead atoms. The van der Waals surface area contributed by atoms with Crippen LogP contribution in [0.15, 0.2) is 0 Å². The van der Waals surface area contributed by atoms with Crippen LogP contribution in [0.2, 0.25) is 0 Å². The first-order chi connectivity index (χ1) is 5.59. The van der Waals surface area contributed by atoms with Gasteiger partial charge in [-0.25, -0.2) is 0 Å². The van der Waals surface area contributed by atoms with E-state index in [4.69, 9.17) is 0 Å². The molecule has 1 N–H and O–H groups in total. The van der Waals surface area contributed by atoms with Crippen molar-refractivity contribution in [3.63, 3.8) is 0 Å². The molecule has 12 heavy (non-hydrogen) atoms. The highest BCUT2D eigenvalue weighted by atomic mass is 16.2. The van der Waals surface area contributed by atoms with Crippen molar-refractivity contribution in [2.75, 3.05) is 6.54 Å². The van der Waals surface area contributed by atoms with E-state index >= 15 is 0 Å². The van der Waals surface area contributed by atoms with Crippen LogP contribution >= 0.6 is 0 Å². The smallest absolute Gasteiger partial charge is 0.223 e. The van der Waals surface area contributed by atoms with Crippen molar-refractivity contribution in [1.82, 2.24) is 5.32 Å². The number of carbonyl (C=O) groups excluding carboxylic acids is 2. The van der Waals surface area contributed by atoms with Gasteiger partial charge in [-0.3, -0.25) is 9.59 Å². The molecular weight excluding hydrogens is 154 g/mol. The lowest BCUT2D eigenvalue weighted by atomic mass is 9.91. The van der Waals surface area contributed by atoms with E-state index in [1.165, 1.54) is 0 Å². The van der Waals surface area contributed by atoms with Crippen molar-refractivity contribution < 1.29 is 9.59 Å². The maximum atomic E-state index is 11.2. The van der Waals surface area contributed by atoms with Crippen LogP contribution in [0.4, 0.5) is 0 Å². The fraction of sp³-hybridized carbons (Fsp3) is 0.778. The van der Waals surface area contributed by atoms with Gasteiger partial charge in [-0.15, -0.1) is 0 Å². The Labute approximate surface area is 72.5 Å². The van der Waals surface area contributed by atoms with Crippen LogP contribution < -0.4 is 5.32 Å². The minimum Gasteiger partial charge on any atom is -0.349 e. The Balaban J connectivity index is 2.58. The SMILES string of the molecule is CC1CC(=O)CNC(=O)C(C)C1. The van der Waals surface area contributed by atoms with Gasteiger partial charge in [-0.05, 0) is 12.3 Å². The molecule has 3 nitrogen and oxygen atoms in total. The van der Waals surface area contributed by atoms with Gasteiger partial charge in [0.2, 0.25) is 5.91 Å². The van der Waals surface area contributed by atoms with Crippen LogP contribution in [0.5, 0.6) is 0 Å². The Morgan fingerprint density at radius 1 is 1.33 bits per heavy atom. The second-order valence-corrected chi connectivity index (χ2v) is 3.70. The van der Waals surface area contributed by atoms with E-state index in [0.717, 1.165) is 6.42 Å². The fourth-order valence-electron chi connectivity index (χ4n) is 1.61. The van der Waals surface area contributed by atoms with Gasteiger partial charge in [0.25, 0.3) is 0 Å². The summed E-state index contributed by atoms with van der Waals surface area (Å²) in [7, 11) is 0. The molecular formula is C9H15NO2. The third kappa shape index (κ3) is 2.32. The molecule has 0 saturated carbocycles. The van der Waals surface area contributed by atoms with Crippen molar-refractivity contribution in [3.8, 4) is 0 Å².